The van der Waals surface area contributed by atoms with Gasteiger partial charge in [0.15, 0.2) is 0 Å². The van der Waals surface area contributed by atoms with Crippen molar-refractivity contribution in [2.75, 3.05) is 24.7 Å². The van der Waals surface area contributed by atoms with Crippen molar-refractivity contribution in [3.05, 3.63) is 84.1 Å². The molecule has 14 heteroatoms. The lowest BCUT2D eigenvalue weighted by atomic mass is 9.90. The molecule has 0 saturated carbocycles. The lowest BCUT2D eigenvalue weighted by Crippen LogP contribution is -2.16. The van der Waals surface area contributed by atoms with Crippen LogP contribution >= 0.6 is 0 Å². The summed E-state index contributed by atoms with van der Waals surface area (Å²) in [6.07, 6.45) is 1.41. The first-order chi connectivity index (χ1) is 20.4. The number of rotatable bonds is 8. The van der Waals surface area contributed by atoms with Crippen molar-refractivity contribution >= 4 is 51.6 Å². The highest BCUT2D eigenvalue weighted by atomic mass is 32.2. The molecular weight excluding hydrogens is 579 g/mol. The van der Waals surface area contributed by atoms with Crippen LogP contribution in [-0.2, 0) is 10.0 Å². The average Bonchev–Trinajstić information content (AvgIpc) is 2.95. The van der Waals surface area contributed by atoms with Crippen molar-refractivity contribution in [1.29, 1.82) is 0 Å². The molecule has 0 aliphatic heterocycles. The summed E-state index contributed by atoms with van der Waals surface area (Å²) in [6, 6.07) is 13.2. The van der Waals surface area contributed by atoms with Gasteiger partial charge in [0, 0.05) is 34.3 Å². The Labute approximate surface area is 246 Å². The van der Waals surface area contributed by atoms with Crippen molar-refractivity contribution < 1.29 is 31.5 Å². The number of pyridine rings is 2. The van der Waals surface area contributed by atoms with Crippen LogP contribution in [0, 0.1) is 11.6 Å². The minimum atomic E-state index is -4.51. The number of ether oxygens (including phenoxy) is 2. The summed E-state index contributed by atoms with van der Waals surface area (Å²) in [5.41, 5.74) is 14.5. The zero-order chi connectivity index (χ0) is 31.1. The highest BCUT2D eigenvalue weighted by Crippen LogP contribution is 2.40. The van der Waals surface area contributed by atoms with E-state index in [1.54, 1.807) is 36.4 Å². The number of carbonyl (C=O) groups is 1. The number of amides is 1. The lowest BCUT2D eigenvalue weighted by Gasteiger charge is -2.17. The molecule has 0 aliphatic carbocycles. The largest absolute Gasteiger partial charge is 0.496 e. The van der Waals surface area contributed by atoms with Crippen molar-refractivity contribution in [1.82, 2.24) is 9.97 Å². The fourth-order valence-electron chi connectivity index (χ4n) is 4.64. The van der Waals surface area contributed by atoms with Crippen molar-refractivity contribution in [2.24, 2.45) is 5.73 Å². The molecule has 0 unspecified atom stereocenters. The monoisotopic (exact) mass is 601 g/mol. The van der Waals surface area contributed by atoms with Crippen LogP contribution in [0.4, 0.5) is 20.3 Å². The van der Waals surface area contributed by atoms with E-state index in [1.807, 2.05) is 0 Å². The molecule has 5 rings (SSSR count). The maximum Gasteiger partial charge on any atom is 0.264 e. The fourth-order valence-corrected chi connectivity index (χ4v) is 5.75. The first kappa shape index (κ1) is 29.3. The Morgan fingerprint density at radius 1 is 0.977 bits per heavy atom. The number of aromatic nitrogens is 2. The highest BCUT2D eigenvalue weighted by molar-refractivity contribution is 7.92. The number of halogens is 2. The highest BCUT2D eigenvalue weighted by Gasteiger charge is 2.24. The minimum absolute atomic E-state index is 0.0351. The number of sulfonamides is 1. The maximum absolute atomic E-state index is 14.3. The standard InChI is InChI=1S/C29H22BF2N5O5S/c1-41-23-11-16(30)4-6-18(23)25-26(28(34)38)19-9-14(3-7-21(19)36-27(25)33)15-10-22(29(42-2)35-13-15)37-43(39,40)24-8-5-17(31)12-20(24)32/h3-13,37H,1-2H3,(H2,33,36)(H2,34,38). The van der Waals surface area contributed by atoms with Gasteiger partial charge >= 0.3 is 0 Å². The van der Waals surface area contributed by atoms with Crippen LogP contribution in [0.5, 0.6) is 11.6 Å². The van der Waals surface area contributed by atoms with Crippen LogP contribution in [0.3, 0.4) is 0 Å². The van der Waals surface area contributed by atoms with Gasteiger partial charge in [0.2, 0.25) is 11.8 Å². The number of hydrogen-bond acceptors (Lipinski definition) is 8. The summed E-state index contributed by atoms with van der Waals surface area (Å²) in [7, 11) is 4.10. The molecule has 5 aromatic rings. The van der Waals surface area contributed by atoms with Gasteiger partial charge in [0.1, 0.15) is 41.6 Å². The minimum Gasteiger partial charge on any atom is -0.496 e. The molecule has 2 radical (unpaired) electrons. The normalized spacial score (nSPS) is 11.3. The Morgan fingerprint density at radius 2 is 1.74 bits per heavy atom. The van der Waals surface area contributed by atoms with Crippen LogP contribution in [0.1, 0.15) is 10.4 Å². The zero-order valence-electron chi connectivity index (χ0n) is 22.7. The van der Waals surface area contributed by atoms with E-state index in [0.717, 1.165) is 12.1 Å². The molecule has 43 heavy (non-hydrogen) atoms. The summed E-state index contributed by atoms with van der Waals surface area (Å²) in [4.78, 5) is 20.7. The third-order valence-electron chi connectivity index (χ3n) is 6.56. The predicted octanol–water partition coefficient (Wildman–Crippen LogP) is 3.53. The van der Waals surface area contributed by atoms with Crippen molar-refractivity contribution in [2.45, 2.75) is 4.90 Å². The van der Waals surface area contributed by atoms with E-state index >= 15 is 0 Å². The molecule has 2 aromatic heterocycles. The van der Waals surface area contributed by atoms with Crippen LogP contribution in [-0.4, -0.2) is 46.4 Å². The number of hydrogen-bond donors (Lipinski definition) is 3. The lowest BCUT2D eigenvalue weighted by molar-refractivity contribution is 0.100. The molecule has 0 bridgehead atoms. The molecule has 1 amide bonds. The van der Waals surface area contributed by atoms with Gasteiger partial charge in [-0.1, -0.05) is 23.7 Å². The van der Waals surface area contributed by atoms with Crippen LogP contribution in [0.2, 0.25) is 0 Å². The number of nitrogens with zero attached hydrogens (tertiary/aromatic N) is 2. The Kier molecular flexibility index (Phi) is 7.63. The smallest absolute Gasteiger partial charge is 0.264 e. The number of methoxy groups -OCH3 is 2. The van der Waals surface area contributed by atoms with Gasteiger partial charge in [-0.2, -0.15) is 0 Å². The molecule has 216 valence electrons. The maximum atomic E-state index is 14.3. The van der Waals surface area contributed by atoms with Gasteiger partial charge in [-0.05, 0) is 42.0 Å². The number of nitrogen functional groups attached to an aromatic ring is 1. The predicted molar refractivity (Wildman–Crippen MR) is 159 cm³/mol. The molecule has 10 nitrogen and oxygen atoms in total. The Balaban J connectivity index is 1.66. The van der Waals surface area contributed by atoms with E-state index in [0.29, 0.717) is 44.9 Å². The molecule has 0 aliphatic rings. The van der Waals surface area contributed by atoms with Crippen molar-refractivity contribution in [3.63, 3.8) is 0 Å². The van der Waals surface area contributed by atoms with Gasteiger partial charge in [0.05, 0.1) is 25.3 Å². The van der Waals surface area contributed by atoms with Crippen LogP contribution in [0.25, 0.3) is 33.2 Å². The molecule has 0 saturated heterocycles. The van der Waals surface area contributed by atoms with Gasteiger partial charge in [-0.25, -0.2) is 27.2 Å². The Morgan fingerprint density at radius 3 is 2.42 bits per heavy atom. The van der Waals surface area contributed by atoms with Crippen LogP contribution < -0.4 is 31.1 Å². The second-order valence-electron chi connectivity index (χ2n) is 9.26. The average molecular weight is 601 g/mol. The summed E-state index contributed by atoms with van der Waals surface area (Å²) in [5, 5.41) is 0.347. The van der Waals surface area contributed by atoms with Gasteiger partial charge in [0.25, 0.3) is 10.0 Å². The number of carbonyl (C=O) groups excluding carboxylic acids is 1. The first-order valence-corrected chi connectivity index (χ1v) is 13.9. The molecule has 0 spiro atoms. The van der Waals surface area contributed by atoms with E-state index in [-0.39, 0.29) is 28.5 Å². The topological polar surface area (TPSA) is 160 Å². The molecule has 3 aromatic carbocycles. The summed E-state index contributed by atoms with van der Waals surface area (Å²) < 4.78 is 66.5. The van der Waals surface area contributed by atoms with E-state index in [2.05, 4.69) is 14.7 Å². The Hall–Kier alpha value is -5.24. The van der Waals surface area contributed by atoms with E-state index in [4.69, 9.17) is 28.8 Å². The fraction of sp³-hybridized carbons (Fsp3) is 0.0690. The second-order valence-corrected chi connectivity index (χ2v) is 10.9. The van der Waals surface area contributed by atoms with Crippen LogP contribution in [0.15, 0.2) is 71.8 Å². The number of anilines is 2. The number of primary amides is 1. The molecule has 0 atom stereocenters. The van der Waals surface area contributed by atoms with Gasteiger partial charge < -0.3 is 20.9 Å². The molecule has 5 N–H and O–H groups in total. The molecular formula is C29H22BF2N5O5S. The summed E-state index contributed by atoms with van der Waals surface area (Å²) in [6.45, 7) is 0. The number of fused-ring (bicyclic) bond motifs is 1. The second kappa shape index (κ2) is 11.2. The van der Waals surface area contributed by atoms with E-state index < -0.39 is 32.5 Å². The van der Waals surface area contributed by atoms with Crippen molar-refractivity contribution in [3.8, 4) is 33.9 Å². The summed E-state index contributed by atoms with van der Waals surface area (Å²) >= 11 is 0. The SMILES string of the molecule is [B]c1ccc(-c2c(N)nc3ccc(-c4cnc(OC)c(NS(=O)(=O)c5ccc(F)cc5F)c4)cc3c2C(N)=O)c(OC)c1. The Bertz CT molecular complexity index is 2040. The third kappa shape index (κ3) is 5.51. The zero-order valence-corrected chi connectivity index (χ0v) is 23.5. The number of nitrogens with two attached hydrogens (primary N) is 2. The first-order valence-electron chi connectivity index (χ1n) is 12.4. The summed E-state index contributed by atoms with van der Waals surface area (Å²) in [5.74, 6) is -2.72. The number of benzene rings is 3. The number of nitrogens with one attached hydrogen (secondary N) is 1. The third-order valence-corrected chi connectivity index (χ3v) is 7.96. The molecule has 0 fully saturated rings. The van der Waals surface area contributed by atoms with E-state index in [9.17, 15) is 22.0 Å². The van der Waals surface area contributed by atoms with E-state index in [1.165, 1.54) is 26.5 Å². The van der Waals surface area contributed by atoms with Gasteiger partial charge in [-0.15, -0.1) is 0 Å². The van der Waals surface area contributed by atoms with Gasteiger partial charge in [-0.3, -0.25) is 9.52 Å². The quantitative estimate of drug-likeness (QED) is 0.228. The molecule has 2 heterocycles.